The van der Waals surface area contributed by atoms with Gasteiger partial charge in [-0.1, -0.05) is 0 Å². The maximum atomic E-state index is 11.4. The molecular weight excluding hydrogens is 208 g/mol. The lowest BCUT2D eigenvalue weighted by molar-refractivity contribution is -0.112. The van der Waals surface area contributed by atoms with Gasteiger partial charge in [0.2, 0.25) is 0 Å². The van der Waals surface area contributed by atoms with Crippen LogP contribution in [0.25, 0.3) is 0 Å². The third-order valence-electron chi connectivity index (χ3n) is 2.59. The molecular formula is C11H22N2O3. The highest BCUT2D eigenvalue weighted by atomic mass is 16.6. The van der Waals surface area contributed by atoms with Gasteiger partial charge >= 0.3 is 6.09 Å². The number of hydrogen-bond acceptors (Lipinski definition) is 4. The number of ether oxygens (including phenoxy) is 2. The predicted molar refractivity (Wildman–Crippen MR) is 61.5 cm³/mol. The number of nitrogens with zero attached hydrogens (tertiary/aromatic N) is 1. The molecule has 1 saturated heterocycles. The van der Waals surface area contributed by atoms with Crippen molar-refractivity contribution >= 4 is 6.09 Å². The maximum Gasteiger partial charge on any atom is 0.409 e. The van der Waals surface area contributed by atoms with Gasteiger partial charge in [0.15, 0.2) is 0 Å². The fraction of sp³-hybridized carbons (Fsp3) is 0.909. The van der Waals surface area contributed by atoms with Crippen LogP contribution in [0, 0.1) is 0 Å². The Morgan fingerprint density at radius 3 is 2.88 bits per heavy atom. The fourth-order valence-electron chi connectivity index (χ4n) is 1.57. The average molecular weight is 230 g/mol. The van der Waals surface area contributed by atoms with E-state index in [1.54, 1.807) is 7.05 Å². The van der Waals surface area contributed by atoms with E-state index < -0.39 is 0 Å². The fourth-order valence-corrected chi connectivity index (χ4v) is 1.57. The summed E-state index contributed by atoms with van der Waals surface area (Å²) in [5.41, 5.74) is -0.189. The minimum atomic E-state index is -0.297. The quantitative estimate of drug-likeness (QED) is 0.780. The van der Waals surface area contributed by atoms with Crippen molar-refractivity contribution in [3.05, 3.63) is 0 Å². The number of carbonyl (C=O) groups excluding carboxylic acids is 1. The normalized spacial score (nSPS) is 23.9. The Bertz CT molecular complexity index is 243. The van der Waals surface area contributed by atoms with Crippen LogP contribution in [0.15, 0.2) is 0 Å². The van der Waals surface area contributed by atoms with Crippen molar-refractivity contribution in [1.82, 2.24) is 10.2 Å². The summed E-state index contributed by atoms with van der Waals surface area (Å²) in [6.45, 7) is 8.45. The second-order valence-corrected chi connectivity index (χ2v) is 4.72. The van der Waals surface area contributed by atoms with Crippen LogP contribution < -0.4 is 5.32 Å². The lowest BCUT2D eigenvalue weighted by atomic mass is 10.1. The molecule has 1 heterocycles. The number of morpholine rings is 1. The second kappa shape index (κ2) is 5.50. The topological polar surface area (TPSA) is 50.8 Å². The van der Waals surface area contributed by atoms with E-state index in [9.17, 15) is 4.79 Å². The van der Waals surface area contributed by atoms with Crippen LogP contribution >= 0.6 is 0 Å². The summed E-state index contributed by atoms with van der Waals surface area (Å²) in [5, 5.41) is 3.26. The summed E-state index contributed by atoms with van der Waals surface area (Å²) in [4.78, 5) is 12.9. The monoisotopic (exact) mass is 230 g/mol. The first-order chi connectivity index (χ1) is 7.44. The molecule has 16 heavy (non-hydrogen) atoms. The van der Waals surface area contributed by atoms with E-state index in [0.29, 0.717) is 13.2 Å². The largest absolute Gasteiger partial charge is 0.447 e. The minimum absolute atomic E-state index is 0.0574. The predicted octanol–water partition coefficient (Wildman–Crippen LogP) is 0.842. The van der Waals surface area contributed by atoms with Crippen molar-refractivity contribution in [2.45, 2.75) is 32.5 Å². The minimum Gasteiger partial charge on any atom is -0.447 e. The second-order valence-electron chi connectivity index (χ2n) is 4.72. The van der Waals surface area contributed by atoms with Gasteiger partial charge < -0.3 is 19.7 Å². The Morgan fingerprint density at radius 2 is 2.31 bits per heavy atom. The van der Waals surface area contributed by atoms with Gasteiger partial charge in [-0.3, -0.25) is 0 Å². The Kier molecular flexibility index (Phi) is 4.56. The molecule has 0 radical (unpaired) electrons. The number of carbonyl (C=O) groups is 1. The van der Waals surface area contributed by atoms with Gasteiger partial charge in [0, 0.05) is 26.7 Å². The number of amides is 1. The zero-order valence-corrected chi connectivity index (χ0v) is 10.6. The Balaban J connectivity index is 2.30. The van der Waals surface area contributed by atoms with E-state index in [1.165, 1.54) is 4.90 Å². The molecule has 1 N–H and O–H groups in total. The Labute approximate surface area is 97.1 Å². The van der Waals surface area contributed by atoms with Gasteiger partial charge in [-0.25, -0.2) is 4.79 Å². The lowest BCUT2D eigenvalue weighted by Gasteiger charge is -2.36. The molecule has 1 fully saturated rings. The number of rotatable bonds is 3. The van der Waals surface area contributed by atoms with Crippen molar-refractivity contribution in [2.24, 2.45) is 0 Å². The third kappa shape index (κ3) is 3.98. The molecule has 5 nitrogen and oxygen atoms in total. The van der Waals surface area contributed by atoms with Gasteiger partial charge in [0.05, 0.1) is 5.60 Å². The molecule has 0 aromatic carbocycles. The van der Waals surface area contributed by atoms with E-state index in [-0.39, 0.29) is 17.8 Å². The van der Waals surface area contributed by atoms with Crippen LogP contribution in [0.1, 0.15) is 20.8 Å². The molecule has 5 heteroatoms. The molecule has 0 spiro atoms. The molecule has 0 aromatic heterocycles. The summed E-state index contributed by atoms with van der Waals surface area (Å²) in [5.74, 6) is 0. The molecule has 0 aromatic rings. The molecule has 1 amide bonds. The van der Waals surface area contributed by atoms with E-state index in [1.807, 2.05) is 20.8 Å². The van der Waals surface area contributed by atoms with E-state index in [0.717, 1.165) is 13.1 Å². The average Bonchev–Trinajstić information content (AvgIpc) is 2.23. The van der Waals surface area contributed by atoms with Gasteiger partial charge in [-0.15, -0.1) is 0 Å². The van der Waals surface area contributed by atoms with Gasteiger partial charge in [0.25, 0.3) is 0 Å². The molecule has 0 saturated carbocycles. The maximum absolute atomic E-state index is 11.4. The first kappa shape index (κ1) is 13.3. The highest BCUT2D eigenvalue weighted by Gasteiger charge is 2.29. The zero-order valence-electron chi connectivity index (χ0n) is 10.6. The Hall–Kier alpha value is -0.810. The molecule has 1 aliphatic rings. The van der Waals surface area contributed by atoms with Crippen LogP contribution in [0.3, 0.4) is 0 Å². The van der Waals surface area contributed by atoms with E-state index in [2.05, 4.69) is 5.32 Å². The Morgan fingerprint density at radius 1 is 1.62 bits per heavy atom. The first-order valence-electron chi connectivity index (χ1n) is 5.71. The van der Waals surface area contributed by atoms with Crippen molar-refractivity contribution in [3.63, 3.8) is 0 Å². The van der Waals surface area contributed by atoms with Crippen molar-refractivity contribution in [1.29, 1.82) is 0 Å². The van der Waals surface area contributed by atoms with Crippen LogP contribution in [-0.4, -0.2) is 56.0 Å². The highest BCUT2D eigenvalue weighted by molar-refractivity contribution is 5.67. The van der Waals surface area contributed by atoms with Crippen LogP contribution in [0.5, 0.6) is 0 Å². The number of nitrogens with one attached hydrogen (secondary N) is 1. The summed E-state index contributed by atoms with van der Waals surface area (Å²) in [7, 11) is 1.71. The summed E-state index contributed by atoms with van der Waals surface area (Å²) < 4.78 is 10.9. The molecule has 94 valence electrons. The molecule has 0 bridgehead atoms. The molecule has 1 rings (SSSR count). The zero-order chi connectivity index (χ0) is 12.2. The van der Waals surface area contributed by atoms with E-state index in [4.69, 9.17) is 9.47 Å². The summed E-state index contributed by atoms with van der Waals surface area (Å²) >= 11 is 0. The first-order valence-corrected chi connectivity index (χ1v) is 5.71. The third-order valence-corrected chi connectivity index (χ3v) is 2.59. The SMILES string of the molecule is CCN(C)C(=O)OCC1CNCC(C)(C)O1. The lowest BCUT2D eigenvalue weighted by Crippen LogP contribution is -2.52. The summed E-state index contributed by atoms with van der Waals surface area (Å²) in [6.07, 6.45) is -0.354. The molecule has 1 unspecified atom stereocenters. The van der Waals surface area contributed by atoms with Crippen LogP contribution in [-0.2, 0) is 9.47 Å². The molecule has 1 atom stereocenters. The van der Waals surface area contributed by atoms with Crippen molar-refractivity contribution in [2.75, 3.05) is 33.3 Å². The molecule has 1 aliphatic heterocycles. The standard InChI is InChI=1S/C11H22N2O3/c1-5-13(4)10(14)15-7-9-6-12-8-11(2,3)16-9/h9,12H,5-8H2,1-4H3. The van der Waals surface area contributed by atoms with Gasteiger partial charge in [0.1, 0.15) is 12.7 Å². The van der Waals surface area contributed by atoms with Crippen molar-refractivity contribution < 1.29 is 14.3 Å². The van der Waals surface area contributed by atoms with Crippen LogP contribution in [0.4, 0.5) is 4.79 Å². The van der Waals surface area contributed by atoms with Crippen molar-refractivity contribution in [3.8, 4) is 0 Å². The smallest absolute Gasteiger partial charge is 0.409 e. The molecule has 0 aliphatic carbocycles. The van der Waals surface area contributed by atoms with E-state index >= 15 is 0 Å². The van der Waals surface area contributed by atoms with Crippen LogP contribution in [0.2, 0.25) is 0 Å². The number of hydrogen-bond donors (Lipinski definition) is 1. The van der Waals surface area contributed by atoms with Gasteiger partial charge in [-0.2, -0.15) is 0 Å². The summed E-state index contributed by atoms with van der Waals surface area (Å²) in [6, 6.07) is 0. The highest BCUT2D eigenvalue weighted by Crippen LogP contribution is 2.15. The van der Waals surface area contributed by atoms with Gasteiger partial charge in [-0.05, 0) is 20.8 Å².